The summed E-state index contributed by atoms with van der Waals surface area (Å²) in [5.74, 6) is 1.31. The lowest BCUT2D eigenvalue weighted by Crippen LogP contribution is -2.29. The first-order chi connectivity index (χ1) is 10.8. The zero-order valence-corrected chi connectivity index (χ0v) is 13.5. The van der Waals surface area contributed by atoms with Gasteiger partial charge in [-0.15, -0.1) is 0 Å². The number of nitro benzene ring substituents is 1. The molecule has 0 fully saturated rings. The van der Waals surface area contributed by atoms with Crippen LogP contribution in [0.4, 0.5) is 11.4 Å². The summed E-state index contributed by atoms with van der Waals surface area (Å²) in [5, 5.41) is 13.4. The van der Waals surface area contributed by atoms with Gasteiger partial charge in [0.2, 0.25) is 5.91 Å². The standard InChI is InChI=1S/C15H16ClN3O4/c1-10-3-5-12(23-10)8-18(2)9-15(20)17-14-6-4-11(19(21)22)7-13(14)16/h3-7H,8-9H2,1-2H3,(H,17,20). The minimum Gasteiger partial charge on any atom is -0.465 e. The van der Waals surface area contributed by atoms with E-state index in [0.717, 1.165) is 11.5 Å². The first-order valence-electron chi connectivity index (χ1n) is 6.83. The maximum Gasteiger partial charge on any atom is 0.271 e. The highest BCUT2D eigenvalue weighted by molar-refractivity contribution is 6.34. The quantitative estimate of drug-likeness (QED) is 0.645. The number of carbonyl (C=O) groups excluding carboxylic acids is 1. The number of hydrogen-bond acceptors (Lipinski definition) is 5. The van der Waals surface area contributed by atoms with Crippen LogP contribution in [0, 0.1) is 17.0 Å². The minimum absolute atomic E-state index is 0.122. The molecular formula is C15H16ClN3O4. The van der Waals surface area contributed by atoms with E-state index in [2.05, 4.69) is 5.32 Å². The van der Waals surface area contributed by atoms with E-state index in [1.165, 1.54) is 18.2 Å². The number of aryl methyl sites for hydroxylation is 1. The lowest BCUT2D eigenvalue weighted by Gasteiger charge is -2.15. The van der Waals surface area contributed by atoms with E-state index in [0.29, 0.717) is 12.2 Å². The largest absolute Gasteiger partial charge is 0.465 e. The average molecular weight is 338 g/mol. The second kappa shape index (κ2) is 7.26. The average Bonchev–Trinajstić information content (AvgIpc) is 2.85. The second-order valence-corrected chi connectivity index (χ2v) is 5.56. The molecule has 0 saturated heterocycles. The molecule has 1 heterocycles. The van der Waals surface area contributed by atoms with Crippen LogP contribution in [-0.4, -0.2) is 29.3 Å². The Kier molecular flexibility index (Phi) is 5.36. The van der Waals surface area contributed by atoms with E-state index in [9.17, 15) is 14.9 Å². The van der Waals surface area contributed by atoms with Crippen LogP contribution in [0.1, 0.15) is 11.5 Å². The number of likely N-dealkylation sites (N-methyl/N-ethyl adjacent to an activating group) is 1. The van der Waals surface area contributed by atoms with Crippen molar-refractivity contribution in [3.05, 3.63) is 57.0 Å². The van der Waals surface area contributed by atoms with E-state index in [1.807, 2.05) is 19.1 Å². The Morgan fingerprint density at radius 2 is 2.13 bits per heavy atom. The molecule has 8 heteroatoms. The Labute approximate surface area is 138 Å². The third kappa shape index (κ3) is 4.80. The van der Waals surface area contributed by atoms with Gasteiger partial charge in [-0.1, -0.05) is 11.6 Å². The van der Waals surface area contributed by atoms with E-state index >= 15 is 0 Å². The molecule has 0 saturated carbocycles. The van der Waals surface area contributed by atoms with Gasteiger partial charge in [-0.3, -0.25) is 19.8 Å². The summed E-state index contributed by atoms with van der Waals surface area (Å²) in [7, 11) is 1.79. The molecule has 0 atom stereocenters. The van der Waals surface area contributed by atoms with E-state index < -0.39 is 4.92 Å². The van der Waals surface area contributed by atoms with Crippen molar-refractivity contribution < 1.29 is 14.1 Å². The molecule has 23 heavy (non-hydrogen) atoms. The summed E-state index contributed by atoms with van der Waals surface area (Å²) < 4.78 is 5.45. The van der Waals surface area contributed by atoms with Gasteiger partial charge in [0.15, 0.2) is 0 Å². The highest BCUT2D eigenvalue weighted by atomic mass is 35.5. The molecule has 0 radical (unpaired) electrons. The van der Waals surface area contributed by atoms with Gasteiger partial charge in [-0.2, -0.15) is 0 Å². The van der Waals surface area contributed by atoms with Crippen LogP contribution < -0.4 is 5.32 Å². The summed E-state index contributed by atoms with van der Waals surface area (Å²) >= 11 is 5.94. The number of nitrogens with one attached hydrogen (secondary N) is 1. The Morgan fingerprint density at radius 1 is 1.39 bits per heavy atom. The fourth-order valence-corrected chi connectivity index (χ4v) is 2.27. The summed E-state index contributed by atoms with van der Waals surface area (Å²) in [5.41, 5.74) is 0.211. The number of amides is 1. The van der Waals surface area contributed by atoms with Crippen molar-refractivity contribution in [3.63, 3.8) is 0 Å². The number of rotatable bonds is 6. The number of halogens is 1. The van der Waals surface area contributed by atoms with Gasteiger partial charge in [0, 0.05) is 12.1 Å². The van der Waals surface area contributed by atoms with Crippen LogP contribution in [0.2, 0.25) is 5.02 Å². The molecule has 122 valence electrons. The van der Waals surface area contributed by atoms with Crippen LogP contribution in [-0.2, 0) is 11.3 Å². The van der Waals surface area contributed by atoms with Crippen LogP contribution in [0.15, 0.2) is 34.7 Å². The van der Waals surface area contributed by atoms with Crippen molar-refractivity contribution in [2.75, 3.05) is 18.9 Å². The third-order valence-electron chi connectivity index (χ3n) is 3.07. The zero-order chi connectivity index (χ0) is 17.0. The molecule has 1 amide bonds. The van der Waals surface area contributed by atoms with Crippen molar-refractivity contribution in [1.29, 1.82) is 0 Å². The lowest BCUT2D eigenvalue weighted by atomic mass is 10.3. The normalized spacial score (nSPS) is 10.8. The van der Waals surface area contributed by atoms with E-state index in [-0.39, 0.29) is 23.2 Å². The number of carbonyl (C=O) groups is 1. The first-order valence-corrected chi connectivity index (χ1v) is 7.20. The van der Waals surface area contributed by atoms with Gasteiger partial charge in [-0.25, -0.2) is 0 Å². The van der Waals surface area contributed by atoms with Crippen molar-refractivity contribution in [1.82, 2.24) is 4.90 Å². The van der Waals surface area contributed by atoms with E-state index in [4.69, 9.17) is 16.0 Å². The van der Waals surface area contributed by atoms with Gasteiger partial charge in [0.25, 0.3) is 5.69 Å². The summed E-state index contributed by atoms with van der Waals surface area (Å²) in [6, 6.07) is 7.62. The summed E-state index contributed by atoms with van der Waals surface area (Å²) in [6.45, 7) is 2.48. The Morgan fingerprint density at radius 3 is 2.70 bits per heavy atom. The van der Waals surface area contributed by atoms with Gasteiger partial charge >= 0.3 is 0 Å². The molecule has 7 nitrogen and oxygen atoms in total. The molecule has 1 aromatic carbocycles. The van der Waals surface area contributed by atoms with Crippen LogP contribution in [0.3, 0.4) is 0 Å². The number of furan rings is 1. The topological polar surface area (TPSA) is 88.6 Å². The molecular weight excluding hydrogens is 322 g/mol. The molecule has 0 bridgehead atoms. The summed E-state index contributed by atoms with van der Waals surface area (Å²) in [6.07, 6.45) is 0. The second-order valence-electron chi connectivity index (χ2n) is 5.15. The van der Waals surface area contributed by atoms with Crippen molar-refractivity contribution in [2.24, 2.45) is 0 Å². The highest BCUT2D eigenvalue weighted by Gasteiger charge is 2.13. The highest BCUT2D eigenvalue weighted by Crippen LogP contribution is 2.26. The van der Waals surface area contributed by atoms with Crippen molar-refractivity contribution >= 4 is 28.9 Å². The molecule has 0 spiro atoms. The fraction of sp³-hybridized carbons (Fsp3) is 0.267. The fourth-order valence-electron chi connectivity index (χ4n) is 2.05. The number of non-ortho nitro benzene ring substituents is 1. The van der Waals surface area contributed by atoms with Crippen molar-refractivity contribution in [2.45, 2.75) is 13.5 Å². The van der Waals surface area contributed by atoms with Gasteiger partial charge in [0.05, 0.1) is 28.7 Å². The maximum atomic E-state index is 12.0. The number of nitro groups is 1. The monoisotopic (exact) mass is 337 g/mol. The molecule has 0 aliphatic heterocycles. The van der Waals surface area contributed by atoms with Gasteiger partial charge < -0.3 is 9.73 Å². The van der Waals surface area contributed by atoms with Crippen LogP contribution in [0.25, 0.3) is 0 Å². The van der Waals surface area contributed by atoms with Crippen LogP contribution >= 0.6 is 11.6 Å². The minimum atomic E-state index is -0.545. The lowest BCUT2D eigenvalue weighted by molar-refractivity contribution is -0.384. The molecule has 2 rings (SSSR count). The number of hydrogen-bond donors (Lipinski definition) is 1. The predicted octanol–water partition coefficient (Wildman–Crippen LogP) is 3.22. The smallest absolute Gasteiger partial charge is 0.271 e. The predicted molar refractivity (Wildman–Crippen MR) is 86.5 cm³/mol. The summed E-state index contributed by atoms with van der Waals surface area (Å²) in [4.78, 5) is 23.9. The number of nitrogens with zero attached hydrogens (tertiary/aromatic N) is 2. The maximum absolute atomic E-state index is 12.0. The SMILES string of the molecule is Cc1ccc(CN(C)CC(=O)Nc2ccc([N+](=O)[O-])cc2Cl)o1. The van der Waals surface area contributed by atoms with E-state index in [1.54, 1.807) is 11.9 Å². The molecule has 1 aromatic heterocycles. The Balaban J connectivity index is 1.92. The molecule has 0 aliphatic carbocycles. The Hall–Kier alpha value is -2.38. The number of anilines is 1. The van der Waals surface area contributed by atoms with Crippen LogP contribution in [0.5, 0.6) is 0 Å². The molecule has 0 unspecified atom stereocenters. The van der Waals surface area contributed by atoms with Crippen molar-refractivity contribution in [3.8, 4) is 0 Å². The third-order valence-corrected chi connectivity index (χ3v) is 3.39. The first kappa shape index (κ1) is 17.0. The van der Waals surface area contributed by atoms with Gasteiger partial charge in [-0.05, 0) is 32.2 Å². The molecule has 0 aliphatic rings. The number of benzene rings is 1. The molecule has 1 N–H and O–H groups in total. The van der Waals surface area contributed by atoms with Gasteiger partial charge in [0.1, 0.15) is 11.5 Å². The zero-order valence-electron chi connectivity index (χ0n) is 12.7. The molecule has 2 aromatic rings. The Bertz CT molecular complexity index is 729.